The summed E-state index contributed by atoms with van der Waals surface area (Å²) in [6.07, 6.45) is 0.792. The number of rotatable bonds is 5. The number of aromatic hydroxyl groups is 1. The Hall–Kier alpha value is -2.73. The van der Waals surface area contributed by atoms with Crippen molar-refractivity contribution in [2.45, 2.75) is 32.0 Å². The quantitative estimate of drug-likeness (QED) is 0.879. The third kappa shape index (κ3) is 2.90. The van der Waals surface area contributed by atoms with Crippen LogP contribution < -0.4 is 14.4 Å². The third-order valence-electron chi connectivity index (χ3n) is 5.54. The number of hydrogen-bond acceptors (Lipinski definition) is 5. The summed E-state index contributed by atoms with van der Waals surface area (Å²) in [5, 5.41) is 10.4. The van der Waals surface area contributed by atoms with Crippen LogP contribution in [0.4, 0.5) is 5.69 Å². The van der Waals surface area contributed by atoms with Gasteiger partial charge >= 0.3 is 0 Å². The number of fused-ring (bicyclic) bond motifs is 2. The number of likely N-dealkylation sites (tertiary alicyclic amines) is 1. The fraction of sp³-hybridized carbons (Fsp3) is 0.381. The van der Waals surface area contributed by atoms with E-state index in [-0.39, 0.29) is 23.7 Å². The summed E-state index contributed by atoms with van der Waals surface area (Å²) in [7, 11) is 3.16. The molecule has 6 heteroatoms. The van der Waals surface area contributed by atoms with Crippen molar-refractivity contribution < 1.29 is 19.4 Å². The Labute approximate surface area is 158 Å². The van der Waals surface area contributed by atoms with Gasteiger partial charge in [0.1, 0.15) is 5.75 Å². The number of aryl methyl sites for hydroxylation is 1. The molecule has 2 aliphatic rings. The fourth-order valence-electron chi connectivity index (χ4n) is 4.22. The lowest BCUT2D eigenvalue weighted by atomic mass is 10.1. The predicted octanol–water partition coefficient (Wildman–Crippen LogP) is 2.71. The predicted molar refractivity (Wildman–Crippen MR) is 102 cm³/mol. The largest absolute Gasteiger partial charge is 0.504 e. The first-order chi connectivity index (χ1) is 13.0. The molecule has 0 aromatic heterocycles. The van der Waals surface area contributed by atoms with Gasteiger partial charge in [0, 0.05) is 18.7 Å². The van der Waals surface area contributed by atoms with E-state index in [2.05, 4.69) is 4.90 Å². The highest BCUT2D eigenvalue weighted by molar-refractivity contribution is 6.02. The normalized spacial score (nSPS) is 21.7. The second-order valence-electron chi connectivity index (χ2n) is 7.19. The van der Waals surface area contributed by atoms with E-state index < -0.39 is 0 Å². The van der Waals surface area contributed by atoms with Gasteiger partial charge in [-0.25, -0.2) is 0 Å². The Morgan fingerprint density at radius 1 is 1.15 bits per heavy atom. The molecule has 2 aliphatic heterocycles. The fourth-order valence-corrected chi connectivity index (χ4v) is 4.22. The van der Waals surface area contributed by atoms with E-state index in [0.717, 1.165) is 35.5 Å². The van der Waals surface area contributed by atoms with Gasteiger partial charge in [0.2, 0.25) is 5.91 Å². The number of benzene rings is 2. The van der Waals surface area contributed by atoms with E-state index in [0.29, 0.717) is 12.3 Å². The Morgan fingerprint density at radius 3 is 2.63 bits per heavy atom. The molecule has 2 aromatic rings. The molecule has 2 bridgehead atoms. The number of phenolic OH excluding ortho intramolecular Hbond substituents is 1. The maximum absolute atomic E-state index is 13.1. The highest BCUT2D eigenvalue weighted by atomic mass is 16.5. The number of carbonyl (C=O) groups is 1. The molecule has 4 rings (SSSR count). The summed E-state index contributed by atoms with van der Waals surface area (Å²) >= 11 is 0. The molecule has 1 amide bonds. The number of phenols is 1. The van der Waals surface area contributed by atoms with Crippen molar-refractivity contribution in [1.82, 2.24) is 4.90 Å². The van der Waals surface area contributed by atoms with Crippen LogP contribution in [0.25, 0.3) is 0 Å². The van der Waals surface area contributed by atoms with Crippen molar-refractivity contribution in [3.8, 4) is 17.2 Å². The number of methoxy groups -OCH3 is 2. The van der Waals surface area contributed by atoms with Crippen LogP contribution >= 0.6 is 0 Å². The first-order valence-corrected chi connectivity index (χ1v) is 9.10. The first-order valence-electron chi connectivity index (χ1n) is 9.10. The second kappa shape index (κ2) is 6.78. The third-order valence-corrected chi connectivity index (χ3v) is 5.54. The zero-order valence-corrected chi connectivity index (χ0v) is 15.8. The van der Waals surface area contributed by atoms with Gasteiger partial charge in [-0.2, -0.15) is 0 Å². The monoisotopic (exact) mass is 368 g/mol. The van der Waals surface area contributed by atoms with Crippen molar-refractivity contribution >= 4 is 11.6 Å². The summed E-state index contributed by atoms with van der Waals surface area (Å²) in [5.74, 6) is 1.41. The van der Waals surface area contributed by atoms with Crippen molar-refractivity contribution in [3.63, 3.8) is 0 Å². The van der Waals surface area contributed by atoms with E-state index in [1.54, 1.807) is 13.2 Å². The first kappa shape index (κ1) is 17.7. The molecule has 0 unspecified atom stereocenters. The van der Waals surface area contributed by atoms with Crippen molar-refractivity contribution in [2.24, 2.45) is 0 Å². The molecule has 27 heavy (non-hydrogen) atoms. The molecule has 0 radical (unpaired) electrons. The van der Waals surface area contributed by atoms with Crippen LogP contribution in [-0.2, 0) is 11.3 Å². The van der Waals surface area contributed by atoms with Crippen molar-refractivity contribution in [2.75, 3.05) is 25.7 Å². The van der Waals surface area contributed by atoms with Crippen LogP contribution in [0.3, 0.4) is 0 Å². The lowest BCUT2D eigenvalue weighted by Gasteiger charge is -2.34. The van der Waals surface area contributed by atoms with Crippen LogP contribution in [0.5, 0.6) is 17.2 Å². The molecule has 2 atom stereocenters. The maximum atomic E-state index is 13.1. The summed E-state index contributed by atoms with van der Waals surface area (Å²) in [4.78, 5) is 17.1. The zero-order valence-electron chi connectivity index (χ0n) is 15.8. The summed E-state index contributed by atoms with van der Waals surface area (Å²) in [5.41, 5.74) is 2.72. The summed E-state index contributed by atoms with van der Waals surface area (Å²) < 4.78 is 10.7. The number of carbonyl (C=O) groups excluding carboxylic acids is 1. The van der Waals surface area contributed by atoms with E-state index in [1.165, 1.54) is 7.11 Å². The molecule has 0 saturated carbocycles. The Kier molecular flexibility index (Phi) is 4.44. The number of amides is 1. The van der Waals surface area contributed by atoms with E-state index >= 15 is 0 Å². The average molecular weight is 368 g/mol. The maximum Gasteiger partial charge on any atom is 0.244 e. The van der Waals surface area contributed by atoms with Crippen molar-refractivity contribution in [1.29, 1.82) is 0 Å². The topological polar surface area (TPSA) is 62.2 Å². The van der Waals surface area contributed by atoms with Gasteiger partial charge in [0.15, 0.2) is 11.5 Å². The Morgan fingerprint density at radius 2 is 1.93 bits per heavy atom. The molecule has 2 aromatic carbocycles. The van der Waals surface area contributed by atoms with Gasteiger partial charge in [0.25, 0.3) is 0 Å². The Balaban J connectivity index is 1.57. The highest BCUT2D eigenvalue weighted by Gasteiger charge is 2.50. The smallest absolute Gasteiger partial charge is 0.244 e. The van der Waals surface area contributed by atoms with Gasteiger partial charge in [-0.1, -0.05) is 18.2 Å². The molecule has 2 fully saturated rings. The number of hydrogen-bond donors (Lipinski definition) is 1. The minimum absolute atomic E-state index is 0.0949. The molecular formula is C21H24N2O4. The van der Waals surface area contributed by atoms with Gasteiger partial charge in [0.05, 0.1) is 32.0 Å². The summed E-state index contributed by atoms with van der Waals surface area (Å²) in [6.45, 7) is 3.30. The van der Waals surface area contributed by atoms with Gasteiger partial charge in [-0.3, -0.25) is 9.69 Å². The molecule has 0 aliphatic carbocycles. The minimum atomic E-state index is -0.175. The van der Waals surface area contributed by atoms with Crippen molar-refractivity contribution in [3.05, 3.63) is 47.5 Å². The second-order valence-corrected chi connectivity index (χ2v) is 7.19. The summed E-state index contributed by atoms with van der Waals surface area (Å²) in [6, 6.07) is 11.3. The Bertz CT molecular complexity index is 882. The molecule has 6 nitrogen and oxygen atoms in total. The molecule has 0 spiro atoms. The van der Waals surface area contributed by atoms with E-state index in [9.17, 15) is 9.90 Å². The average Bonchev–Trinajstić information content (AvgIpc) is 3.21. The van der Waals surface area contributed by atoms with Crippen LogP contribution in [0.2, 0.25) is 0 Å². The number of anilines is 1. The van der Waals surface area contributed by atoms with E-state index in [4.69, 9.17) is 9.47 Å². The van der Waals surface area contributed by atoms with Crippen LogP contribution in [-0.4, -0.2) is 48.8 Å². The van der Waals surface area contributed by atoms with Crippen LogP contribution in [0.1, 0.15) is 17.5 Å². The lowest BCUT2D eigenvalue weighted by Crippen LogP contribution is -2.50. The van der Waals surface area contributed by atoms with Gasteiger partial charge in [-0.05, 0) is 37.1 Å². The zero-order chi connectivity index (χ0) is 19.1. The highest BCUT2D eigenvalue weighted by Crippen LogP contribution is 2.41. The standard InChI is InChI=1S/C21H24N2O4/c1-13-7-8-18(26-2)16(9-13)23-15-10-17(21(23)25)22(12-15)11-14-5-4-6-19(27-3)20(14)24/h4-9,15,17,24H,10-12H2,1-3H3/t15-,17-/m0/s1. The number of para-hydroxylation sites is 1. The minimum Gasteiger partial charge on any atom is -0.504 e. The number of nitrogens with zero attached hydrogens (tertiary/aromatic N) is 2. The molecule has 2 heterocycles. The van der Waals surface area contributed by atoms with Gasteiger partial charge < -0.3 is 19.5 Å². The van der Waals surface area contributed by atoms with Crippen LogP contribution in [0, 0.1) is 6.92 Å². The number of ether oxygens (including phenoxy) is 2. The van der Waals surface area contributed by atoms with Crippen LogP contribution in [0.15, 0.2) is 36.4 Å². The SMILES string of the molecule is COc1ccc(C)cc1N1C(=O)[C@@H]2C[C@H]1CN2Cc1cccc(OC)c1O. The van der Waals surface area contributed by atoms with E-state index in [1.807, 2.05) is 42.2 Å². The molecule has 142 valence electrons. The lowest BCUT2D eigenvalue weighted by molar-refractivity contribution is -0.122. The number of piperazine rings is 1. The van der Waals surface area contributed by atoms with Gasteiger partial charge in [-0.15, -0.1) is 0 Å². The molecule has 1 N–H and O–H groups in total. The molecular weight excluding hydrogens is 344 g/mol. The molecule has 2 saturated heterocycles.